The molecule has 0 radical (unpaired) electrons. The Hall–Kier alpha value is -4.92. The summed E-state index contributed by atoms with van der Waals surface area (Å²) in [7, 11) is 1.49. The van der Waals surface area contributed by atoms with Gasteiger partial charge >= 0.3 is 5.97 Å². The maximum Gasteiger partial charge on any atom is 0.336 e. The normalized spacial score (nSPS) is 10.8. The minimum Gasteiger partial charge on any atom is -0.478 e. The van der Waals surface area contributed by atoms with Crippen LogP contribution in [0.15, 0.2) is 60.8 Å². The number of nitrogens with one attached hydrogen (secondary N) is 3. The smallest absolute Gasteiger partial charge is 0.336 e. The molecule has 4 aromatic rings. The van der Waals surface area contributed by atoms with Gasteiger partial charge in [-0.05, 0) is 60.4 Å². The number of aryl methyl sites for hydroxylation is 2. The summed E-state index contributed by atoms with van der Waals surface area (Å²) in [4.78, 5) is 36.7. The number of hydrogen-bond donors (Lipinski definition) is 5. The van der Waals surface area contributed by atoms with Crippen molar-refractivity contribution in [2.75, 3.05) is 13.6 Å². The number of aromatic nitrogens is 1. The molecule has 2 amide bonds. The van der Waals surface area contributed by atoms with E-state index in [9.17, 15) is 19.5 Å². The second-order valence-corrected chi connectivity index (χ2v) is 9.34. The van der Waals surface area contributed by atoms with E-state index in [0.29, 0.717) is 28.7 Å². The number of carboxylic acid groups (broad SMARTS) is 1. The van der Waals surface area contributed by atoms with Crippen molar-refractivity contribution in [3.05, 3.63) is 94.2 Å². The minimum atomic E-state index is -1.06. The molecule has 1 heterocycles. The molecule has 0 unspecified atom stereocenters. The van der Waals surface area contributed by atoms with Gasteiger partial charge in [0.1, 0.15) is 5.84 Å². The van der Waals surface area contributed by atoms with E-state index in [4.69, 9.17) is 11.1 Å². The monoisotopic (exact) mass is 525 g/mol. The summed E-state index contributed by atoms with van der Waals surface area (Å²) in [6.07, 6.45) is 2.53. The number of rotatable bonds is 9. The molecule has 0 saturated heterocycles. The van der Waals surface area contributed by atoms with Gasteiger partial charge in [-0.2, -0.15) is 0 Å². The van der Waals surface area contributed by atoms with Crippen LogP contribution in [0.5, 0.6) is 0 Å². The molecule has 0 fully saturated rings. The van der Waals surface area contributed by atoms with Gasteiger partial charge in [-0.3, -0.25) is 15.0 Å². The van der Waals surface area contributed by atoms with Crippen LogP contribution in [0.4, 0.5) is 0 Å². The summed E-state index contributed by atoms with van der Waals surface area (Å²) in [5, 5.41) is 23.8. The first-order chi connectivity index (χ1) is 18.6. The summed E-state index contributed by atoms with van der Waals surface area (Å²) in [6, 6.07) is 16.1. The van der Waals surface area contributed by atoms with Gasteiger partial charge in [0.2, 0.25) is 5.91 Å². The standard InChI is InChI=1S/C30H31N5O4/c1-4-35-16-21(22-10-8-19(28(31)32)14-26(22)35)12-18-6-7-20(29(37)34-15-27(36)33-3)13-24(18)23-9-5-17(2)11-25(23)30(38)39/h5-11,13-14,16H,4,12,15H2,1-3H3,(H3,31,32)(H,33,36)(H,34,37)(H,38,39). The molecule has 1 aromatic heterocycles. The molecule has 0 aliphatic heterocycles. The fourth-order valence-corrected chi connectivity index (χ4v) is 4.69. The number of carbonyl (C=O) groups excluding carboxylic acids is 2. The first-order valence-corrected chi connectivity index (χ1v) is 12.5. The van der Waals surface area contributed by atoms with Crippen molar-refractivity contribution in [1.82, 2.24) is 15.2 Å². The quantitative estimate of drug-likeness (QED) is 0.167. The number of aromatic carboxylic acids is 1. The maximum absolute atomic E-state index is 12.9. The number of nitrogens with two attached hydrogens (primary N) is 1. The summed E-state index contributed by atoms with van der Waals surface area (Å²) in [5.41, 5.74) is 11.6. The molecular weight excluding hydrogens is 494 g/mol. The first kappa shape index (κ1) is 27.1. The third-order valence-corrected chi connectivity index (χ3v) is 6.75. The molecule has 4 rings (SSSR count). The van der Waals surface area contributed by atoms with E-state index < -0.39 is 11.9 Å². The summed E-state index contributed by atoms with van der Waals surface area (Å²) < 4.78 is 2.09. The highest BCUT2D eigenvalue weighted by Gasteiger charge is 2.19. The van der Waals surface area contributed by atoms with Crippen molar-refractivity contribution < 1.29 is 19.5 Å². The van der Waals surface area contributed by atoms with Gasteiger partial charge in [0.15, 0.2) is 0 Å². The molecule has 39 heavy (non-hydrogen) atoms. The van der Waals surface area contributed by atoms with Crippen molar-refractivity contribution in [3.8, 4) is 11.1 Å². The summed E-state index contributed by atoms with van der Waals surface area (Å²) >= 11 is 0. The van der Waals surface area contributed by atoms with E-state index in [2.05, 4.69) is 21.4 Å². The predicted molar refractivity (Wildman–Crippen MR) is 151 cm³/mol. The minimum absolute atomic E-state index is 0.00422. The summed E-state index contributed by atoms with van der Waals surface area (Å²) in [5.74, 6) is -1.83. The zero-order valence-corrected chi connectivity index (χ0v) is 22.1. The Balaban J connectivity index is 1.85. The molecule has 0 atom stereocenters. The third kappa shape index (κ3) is 5.67. The fourth-order valence-electron chi connectivity index (χ4n) is 4.69. The summed E-state index contributed by atoms with van der Waals surface area (Å²) in [6.45, 7) is 4.41. The van der Waals surface area contributed by atoms with E-state index in [1.165, 1.54) is 7.05 Å². The molecular formula is C30H31N5O4. The number of amides is 2. The number of benzene rings is 3. The number of fused-ring (bicyclic) bond motifs is 1. The highest BCUT2D eigenvalue weighted by Crippen LogP contribution is 2.33. The lowest BCUT2D eigenvalue weighted by Crippen LogP contribution is -2.35. The molecule has 9 heteroatoms. The molecule has 0 spiro atoms. The average Bonchev–Trinajstić information content (AvgIpc) is 3.28. The van der Waals surface area contributed by atoms with Gasteiger partial charge in [0, 0.05) is 48.2 Å². The second-order valence-electron chi connectivity index (χ2n) is 9.34. The molecule has 9 nitrogen and oxygen atoms in total. The second kappa shape index (κ2) is 11.2. The van der Waals surface area contributed by atoms with E-state index in [-0.39, 0.29) is 23.9 Å². The topological polar surface area (TPSA) is 150 Å². The maximum atomic E-state index is 12.9. The Morgan fingerprint density at radius 1 is 0.974 bits per heavy atom. The van der Waals surface area contributed by atoms with Gasteiger partial charge in [0.25, 0.3) is 5.91 Å². The van der Waals surface area contributed by atoms with Crippen LogP contribution >= 0.6 is 0 Å². The van der Waals surface area contributed by atoms with Crippen LogP contribution in [0.1, 0.15) is 49.9 Å². The van der Waals surface area contributed by atoms with Crippen LogP contribution in [0.2, 0.25) is 0 Å². The fraction of sp³-hybridized carbons (Fsp3) is 0.200. The van der Waals surface area contributed by atoms with Crippen LogP contribution in [-0.4, -0.2) is 46.9 Å². The zero-order valence-electron chi connectivity index (χ0n) is 22.1. The SMILES string of the molecule is CCn1cc(Cc2ccc(C(=O)NCC(=O)NC)cc2-c2ccc(C)cc2C(=O)O)c2ccc(C(=N)N)cc21. The van der Waals surface area contributed by atoms with Crippen molar-refractivity contribution in [2.24, 2.45) is 5.73 Å². The van der Waals surface area contributed by atoms with Crippen LogP contribution in [0, 0.1) is 12.3 Å². The Labute approximate surface area is 226 Å². The predicted octanol–water partition coefficient (Wildman–Crippen LogP) is 3.69. The van der Waals surface area contributed by atoms with Crippen molar-refractivity contribution in [1.29, 1.82) is 5.41 Å². The zero-order chi connectivity index (χ0) is 28.3. The van der Waals surface area contributed by atoms with Crippen molar-refractivity contribution in [2.45, 2.75) is 26.8 Å². The highest BCUT2D eigenvalue weighted by molar-refractivity contribution is 6.01. The van der Waals surface area contributed by atoms with E-state index in [1.54, 1.807) is 24.3 Å². The largest absolute Gasteiger partial charge is 0.478 e. The van der Waals surface area contributed by atoms with E-state index in [0.717, 1.165) is 34.1 Å². The van der Waals surface area contributed by atoms with Crippen LogP contribution in [0.25, 0.3) is 22.0 Å². The average molecular weight is 526 g/mol. The number of nitrogen functional groups attached to an aromatic ring is 1. The Morgan fingerprint density at radius 2 is 1.72 bits per heavy atom. The third-order valence-electron chi connectivity index (χ3n) is 6.75. The van der Waals surface area contributed by atoms with Gasteiger partial charge in [-0.15, -0.1) is 0 Å². The number of amidine groups is 1. The van der Waals surface area contributed by atoms with Gasteiger partial charge in [0.05, 0.1) is 12.1 Å². The Morgan fingerprint density at radius 3 is 2.38 bits per heavy atom. The lowest BCUT2D eigenvalue weighted by molar-refractivity contribution is -0.119. The lowest BCUT2D eigenvalue weighted by atomic mass is 9.89. The highest BCUT2D eigenvalue weighted by atomic mass is 16.4. The van der Waals surface area contributed by atoms with E-state index in [1.807, 2.05) is 44.2 Å². The Bertz CT molecular complexity index is 1620. The molecule has 200 valence electrons. The molecule has 0 aliphatic rings. The number of likely N-dealkylation sites (N-methyl/N-ethyl adjacent to an activating group) is 1. The molecule has 3 aromatic carbocycles. The van der Waals surface area contributed by atoms with Crippen LogP contribution < -0.4 is 16.4 Å². The van der Waals surface area contributed by atoms with E-state index >= 15 is 0 Å². The van der Waals surface area contributed by atoms with Crippen molar-refractivity contribution in [3.63, 3.8) is 0 Å². The molecule has 0 saturated carbocycles. The number of carboxylic acids is 1. The number of carbonyl (C=O) groups is 3. The Kier molecular flexibility index (Phi) is 7.80. The molecule has 6 N–H and O–H groups in total. The molecule has 0 bridgehead atoms. The van der Waals surface area contributed by atoms with Gasteiger partial charge < -0.3 is 26.0 Å². The van der Waals surface area contributed by atoms with Crippen LogP contribution in [-0.2, 0) is 17.8 Å². The molecule has 0 aliphatic carbocycles. The van der Waals surface area contributed by atoms with Crippen molar-refractivity contribution >= 4 is 34.5 Å². The first-order valence-electron chi connectivity index (χ1n) is 12.5. The lowest BCUT2D eigenvalue weighted by Gasteiger charge is -2.15. The number of hydrogen-bond acceptors (Lipinski definition) is 4. The van der Waals surface area contributed by atoms with Crippen LogP contribution in [0.3, 0.4) is 0 Å². The van der Waals surface area contributed by atoms with Gasteiger partial charge in [-0.25, -0.2) is 4.79 Å². The van der Waals surface area contributed by atoms with Gasteiger partial charge in [-0.1, -0.05) is 35.9 Å². The number of nitrogens with zero attached hydrogens (tertiary/aromatic N) is 1.